The Morgan fingerprint density at radius 1 is 1.35 bits per heavy atom. The van der Waals surface area contributed by atoms with Crippen molar-refractivity contribution in [3.63, 3.8) is 0 Å². The van der Waals surface area contributed by atoms with Gasteiger partial charge < -0.3 is 9.64 Å². The zero-order chi connectivity index (χ0) is 18.1. The number of hydrogen-bond acceptors (Lipinski definition) is 7. The molecule has 9 heteroatoms. The summed E-state index contributed by atoms with van der Waals surface area (Å²) in [5.41, 5.74) is 1.79. The molecule has 26 heavy (non-hydrogen) atoms. The molecule has 0 aromatic carbocycles. The van der Waals surface area contributed by atoms with E-state index in [2.05, 4.69) is 15.1 Å². The first-order valence-electron chi connectivity index (χ1n) is 8.32. The zero-order valence-electron chi connectivity index (χ0n) is 14.2. The van der Waals surface area contributed by atoms with Gasteiger partial charge in [-0.15, -0.1) is 11.3 Å². The minimum absolute atomic E-state index is 0.243. The van der Waals surface area contributed by atoms with E-state index in [1.807, 2.05) is 0 Å². The van der Waals surface area contributed by atoms with E-state index in [9.17, 15) is 9.59 Å². The summed E-state index contributed by atoms with van der Waals surface area (Å²) >= 11 is 1.36. The van der Waals surface area contributed by atoms with Crippen LogP contribution in [0.15, 0.2) is 30.0 Å². The second-order valence-electron chi connectivity index (χ2n) is 6.02. The third-order valence-electron chi connectivity index (χ3n) is 4.47. The van der Waals surface area contributed by atoms with E-state index in [1.165, 1.54) is 18.4 Å². The summed E-state index contributed by atoms with van der Waals surface area (Å²) in [6.07, 6.45) is 7.57. The van der Waals surface area contributed by atoms with Gasteiger partial charge in [-0.25, -0.2) is 19.3 Å². The molecular formula is C17H17N5O3S. The second-order valence-corrected chi connectivity index (χ2v) is 6.88. The first-order valence-corrected chi connectivity index (χ1v) is 9.20. The molecule has 4 heterocycles. The Bertz CT molecular complexity index is 966. The number of fused-ring (bicyclic) bond motifs is 1. The highest BCUT2D eigenvalue weighted by atomic mass is 32.1. The molecule has 0 bridgehead atoms. The molecule has 8 nitrogen and oxygen atoms in total. The fourth-order valence-corrected chi connectivity index (χ4v) is 3.98. The maximum atomic E-state index is 12.9. The monoisotopic (exact) mass is 371 g/mol. The zero-order valence-corrected chi connectivity index (χ0v) is 15.0. The Hall–Kier alpha value is -2.81. The van der Waals surface area contributed by atoms with Gasteiger partial charge in [-0.3, -0.25) is 4.79 Å². The van der Waals surface area contributed by atoms with Crippen LogP contribution in [-0.4, -0.2) is 56.1 Å². The third-order valence-corrected chi connectivity index (χ3v) is 5.35. The van der Waals surface area contributed by atoms with Gasteiger partial charge in [-0.1, -0.05) is 0 Å². The van der Waals surface area contributed by atoms with Crippen LogP contribution in [0.5, 0.6) is 0 Å². The number of nitrogens with zero attached hydrogens (tertiary/aromatic N) is 5. The van der Waals surface area contributed by atoms with E-state index in [0.717, 1.165) is 18.4 Å². The topological polar surface area (TPSA) is 89.7 Å². The largest absolute Gasteiger partial charge is 0.467 e. The molecule has 3 aromatic rings. The smallest absolute Gasteiger partial charge is 0.328 e. The number of piperidine rings is 1. The maximum absolute atomic E-state index is 12.9. The maximum Gasteiger partial charge on any atom is 0.328 e. The number of methoxy groups -OCH3 is 1. The van der Waals surface area contributed by atoms with Crippen molar-refractivity contribution in [2.45, 2.75) is 25.3 Å². The third kappa shape index (κ3) is 2.84. The van der Waals surface area contributed by atoms with Crippen molar-refractivity contribution in [3.05, 3.63) is 35.7 Å². The van der Waals surface area contributed by atoms with Crippen LogP contribution in [0.1, 0.15) is 29.8 Å². The first kappa shape index (κ1) is 16.6. The fraction of sp³-hybridized carbons (Fsp3) is 0.353. The van der Waals surface area contributed by atoms with Crippen LogP contribution in [0.3, 0.4) is 0 Å². The molecule has 1 saturated heterocycles. The molecule has 0 spiro atoms. The molecule has 1 amide bonds. The number of carbonyl (C=O) groups is 2. The average Bonchev–Trinajstić information content (AvgIpc) is 3.33. The van der Waals surface area contributed by atoms with Crippen molar-refractivity contribution < 1.29 is 14.3 Å². The Morgan fingerprint density at radius 2 is 2.23 bits per heavy atom. The predicted octanol–water partition coefficient (Wildman–Crippen LogP) is 2.02. The lowest BCUT2D eigenvalue weighted by molar-refractivity contribution is -0.147. The van der Waals surface area contributed by atoms with Gasteiger partial charge >= 0.3 is 5.97 Å². The van der Waals surface area contributed by atoms with E-state index >= 15 is 0 Å². The van der Waals surface area contributed by atoms with E-state index in [4.69, 9.17) is 4.74 Å². The lowest BCUT2D eigenvalue weighted by Crippen LogP contribution is -2.48. The van der Waals surface area contributed by atoms with Gasteiger partial charge in [-0.2, -0.15) is 5.10 Å². The Kier molecular flexibility index (Phi) is 4.37. The molecule has 0 saturated carbocycles. The first-order chi connectivity index (χ1) is 12.7. The van der Waals surface area contributed by atoms with E-state index in [1.54, 1.807) is 39.5 Å². The van der Waals surface area contributed by atoms with Gasteiger partial charge in [0.05, 0.1) is 18.9 Å². The summed E-state index contributed by atoms with van der Waals surface area (Å²) < 4.78 is 6.51. The minimum Gasteiger partial charge on any atom is -0.467 e. The number of thiazole rings is 1. The number of carbonyl (C=O) groups excluding carboxylic acids is 2. The number of rotatable bonds is 3. The molecule has 1 unspecified atom stereocenters. The highest BCUT2D eigenvalue weighted by molar-refractivity contribution is 7.13. The van der Waals surface area contributed by atoms with Crippen LogP contribution in [-0.2, 0) is 9.53 Å². The molecule has 3 aromatic heterocycles. The van der Waals surface area contributed by atoms with Gasteiger partial charge in [0, 0.05) is 24.3 Å². The summed E-state index contributed by atoms with van der Waals surface area (Å²) in [5.74, 6) is -0.618. The van der Waals surface area contributed by atoms with Crippen molar-refractivity contribution in [1.82, 2.24) is 24.5 Å². The molecular weight excluding hydrogens is 354 g/mol. The number of hydrogen-bond donors (Lipinski definition) is 0. The summed E-state index contributed by atoms with van der Waals surface area (Å²) in [7, 11) is 1.35. The highest BCUT2D eigenvalue weighted by Crippen LogP contribution is 2.28. The fourth-order valence-electron chi connectivity index (χ4n) is 3.18. The van der Waals surface area contributed by atoms with Crippen LogP contribution in [0.2, 0.25) is 0 Å². The second kappa shape index (κ2) is 6.83. The number of amides is 1. The molecule has 1 atom stereocenters. The van der Waals surface area contributed by atoms with Gasteiger partial charge in [0.1, 0.15) is 16.7 Å². The van der Waals surface area contributed by atoms with Crippen molar-refractivity contribution in [2.75, 3.05) is 13.7 Å². The van der Waals surface area contributed by atoms with E-state index < -0.39 is 6.04 Å². The standard InChI is InChI=1S/C17H17N5O3S/c1-25-17(24)13-5-2-3-7-21(13)16(23)12-10-26-15(20-12)11-9-19-22-8-4-6-18-14(11)22/h4,6,8-10,13H,2-3,5,7H2,1H3. The molecule has 1 fully saturated rings. The molecule has 1 aliphatic rings. The quantitative estimate of drug-likeness (QED) is 0.655. The van der Waals surface area contributed by atoms with Crippen molar-refractivity contribution >= 4 is 28.9 Å². The highest BCUT2D eigenvalue weighted by Gasteiger charge is 2.34. The number of ether oxygens (including phenoxy) is 1. The summed E-state index contributed by atoms with van der Waals surface area (Å²) in [4.78, 5) is 35.3. The Morgan fingerprint density at radius 3 is 3.08 bits per heavy atom. The van der Waals surface area contributed by atoms with Crippen molar-refractivity contribution in [1.29, 1.82) is 0 Å². The molecule has 1 aliphatic heterocycles. The Labute approximate surface area is 153 Å². The molecule has 134 valence electrons. The lowest BCUT2D eigenvalue weighted by atomic mass is 10.0. The van der Waals surface area contributed by atoms with Crippen LogP contribution in [0.4, 0.5) is 0 Å². The van der Waals surface area contributed by atoms with E-state index in [0.29, 0.717) is 29.3 Å². The average molecular weight is 371 g/mol. The summed E-state index contributed by atoms with van der Waals surface area (Å²) in [6.45, 7) is 0.531. The van der Waals surface area contributed by atoms with Gasteiger partial charge in [-0.05, 0) is 25.3 Å². The minimum atomic E-state index is -0.537. The molecule has 0 radical (unpaired) electrons. The van der Waals surface area contributed by atoms with Crippen molar-refractivity contribution in [2.24, 2.45) is 0 Å². The summed E-state index contributed by atoms with van der Waals surface area (Å²) in [6, 6.07) is 1.26. The van der Waals surface area contributed by atoms with E-state index in [-0.39, 0.29) is 11.9 Å². The SMILES string of the molecule is COC(=O)C1CCCCN1C(=O)c1csc(-c2cnn3cccnc23)n1. The predicted molar refractivity (Wildman–Crippen MR) is 94.8 cm³/mol. The van der Waals surface area contributed by atoms with Crippen LogP contribution < -0.4 is 0 Å². The van der Waals surface area contributed by atoms with Gasteiger partial charge in [0.2, 0.25) is 0 Å². The molecule has 4 rings (SSSR count). The number of likely N-dealkylation sites (tertiary alicyclic amines) is 1. The van der Waals surface area contributed by atoms with Crippen LogP contribution in [0, 0.1) is 0 Å². The summed E-state index contributed by atoms with van der Waals surface area (Å²) in [5, 5.41) is 6.64. The van der Waals surface area contributed by atoms with Crippen molar-refractivity contribution in [3.8, 4) is 10.6 Å². The van der Waals surface area contributed by atoms with Crippen LogP contribution in [0.25, 0.3) is 16.2 Å². The van der Waals surface area contributed by atoms with Gasteiger partial charge in [0.15, 0.2) is 5.65 Å². The number of esters is 1. The lowest BCUT2D eigenvalue weighted by Gasteiger charge is -2.33. The number of aromatic nitrogens is 4. The molecule has 0 aliphatic carbocycles. The Balaban J connectivity index is 1.63. The van der Waals surface area contributed by atoms with Gasteiger partial charge in [0.25, 0.3) is 5.91 Å². The normalized spacial score (nSPS) is 17.4. The van der Waals surface area contributed by atoms with Crippen LogP contribution >= 0.6 is 11.3 Å². The molecule has 0 N–H and O–H groups in total.